The molecule has 0 fully saturated rings. The zero-order valence-electron chi connectivity index (χ0n) is 4.81. The SMILES string of the molecule is Cc1ncc2c(Br)c1O2. The third-order valence-electron chi connectivity index (χ3n) is 1.33. The Bertz CT molecular complexity index is 265. The first-order valence-corrected chi connectivity index (χ1v) is 3.41. The van der Waals surface area contributed by atoms with E-state index in [-0.39, 0.29) is 0 Å². The molecule has 0 saturated heterocycles. The Kier molecular flexibility index (Phi) is 0.858. The van der Waals surface area contributed by atoms with Crippen molar-refractivity contribution >= 4 is 15.9 Å². The molecule has 0 aromatic carbocycles. The largest absolute Gasteiger partial charge is 0.451 e. The van der Waals surface area contributed by atoms with Gasteiger partial charge in [0, 0.05) is 0 Å². The molecule has 46 valence electrons. The third kappa shape index (κ3) is 0.525. The highest BCUT2D eigenvalue weighted by Crippen LogP contribution is 2.47. The van der Waals surface area contributed by atoms with Gasteiger partial charge in [0.05, 0.1) is 11.9 Å². The summed E-state index contributed by atoms with van der Waals surface area (Å²) in [6, 6.07) is 0. The second kappa shape index (κ2) is 1.48. The zero-order valence-corrected chi connectivity index (χ0v) is 6.40. The van der Waals surface area contributed by atoms with Crippen LogP contribution in [0.15, 0.2) is 10.7 Å². The molecule has 2 nitrogen and oxygen atoms in total. The number of hydrogen-bond acceptors (Lipinski definition) is 2. The molecular formula is C6H4BrNO. The van der Waals surface area contributed by atoms with Crippen molar-refractivity contribution in [3.63, 3.8) is 0 Å². The highest BCUT2D eigenvalue weighted by atomic mass is 79.9. The Balaban J connectivity index is 2.74. The Morgan fingerprint density at radius 3 is 2.78 bits per heavy atom. The van der Waals surface area contributed by atoms with Crippen LogP contribution in [0.4, 0.5) is 0 Å². The summed E-state index contributed by atoms with van der Waals surface area (Å²) in [5.41, 5.74) is 0.942. The third-order valence-corrected chi connectivity index (χ3v) is 2.08. The molecule has 0 saturated carbocycles. The first-order valence-electron chi connectivity index (χ1n) is 2.62. The van der Waals surface area contributed by atoms with Gasteiger partial charge >= 0.3 is 0 Å². The number of fused-ring (bicyclic) bond motifs is 2. The Morgan fingerprint density at radius 1 is 1.67 bits per heavy atom. The number of ether oxygens (including phenoxy) is 1. The fourth-order valence-electron chi connectivity index (χ4n) is 0.795. The lowest BCUT2D eigenvalue weighted by atomic mass is 10.3. The monoisotopic (exact) mass is 185 g/mol. The molecule has 2 aliphatic rings. The van der Waals surface area contributed by atoms with Crippen LogP contribution < -0.4 is 4.74 Å². The van der Waals surface area contributed by atoms with Gasteiger partial charge < -0.3 is 4.74 Å². The molecule has 0 radical (unpaired) electrons. The van der Waals surface area contributed by atoms with Gasteiger partial charge in [0.1, 0.15) is 4.47 Å². The van der Waals surface area contributed by atoms with Gasteiger partial charge in [-0.15, -0.1) is 0 Å². The van der Waals surface area contributed by atoms with Gasteiger partial charge in [0.25, 0.3) is 0 Å². The Labute approximate surface area is 61.0 Å². The highest BCUT2D eigenvalue weighted by Gasteiger charge is 2.22. The maximum atomic E-state index is 5.16. The average molecular weight is 186 g/mol. The minimum absolute atomic E-state index is 0.843. The normalized spacial score (nSPS) is 12.2. The maximum absolute atomic E-state index is 5.16. The van der Waals surface area contributed by atoms with Crippen LogP contribution >= 0.6 is 15.9 Å². The first-order chi connectivity index (χ1) is 4.29. The lowest BCUT2D eigenvalue weighted by molar-refractivity contribution is 0.415. The van der Waals surface area contributed by atoms with E-state index in [9.17, 15) is 0 Å². The Hall–Kier alpha value is -0.570. The van der Waals surface area contributed by atoms with E-state index in [1.165, 1.54) is 0 Å². The van der Waals surface area contributed by atoms with Crippen molar-refractivity contribution in [2.24, 2.45) is 0 Å². The molecule has 3 heteroatoms. The van der Waals surface area contributed by atoms with E-state index >= 15 is 0 Å². The molecule has 0 unspecified atom stereocenters. The van der Waals surface area contributed by atoms with Crippen molar-refractivity contribution in [3.05, 3.63) is 16.4 Å². The van der Waals surface area contributed by atoms with Crippen LogP contribution in [0, 0.1) is 6.92 Å². The summed E-state index contributed by atoms with van der Waals surface area (Å²) in [4.78, 5) is 4.05. The molecule has 3 heterocycles. The van der Waals surface area contributed by atoms with Crippen LogP contribution in [0.1, 0.15) is 5.69 Å². The van der Waals surface area contributed by atoms with Crippen molar-refractivity contribution in [3.8, 4) is 11.5 Å². The molecule has 0 atom stereocenters. The minimum atomic E-state index is 0.843. The summed E-state index contributed by atoms with van der Waals surface area (Å²) in [7, 11) is 0. The van der Waals surface area contributed by atoms with Crippen molar-refractivity contribution in [2.45, 2.75) is 6.92 Å². The highest BCUT2D eigenvalue weighted by molar-refractivity contribution is 9.10. The molecule has 0 aliphatic carbocycles. The number of aryl methyl sites for hydroxylation is 1. The predicted octanol–water partition coefficient (Wildman–Crippen LogP) is 2.26. The fraction of sp³-hybridized carbons (Fsp3) is 0.167. The summed E-state index contributed by atoms with van der Waals surface area (Å²) < 4.78 is 6.21. The van der Waals surface area contributed by atoms with Crippen molar-refractivity contribution in [1.29, 1.82) is 0 Å². The molecule has 1 aromatic heterocycles. The van der Waals surface area contributed by atoms with Crippen LogP contribution in [-0.2, 0) is 0 Å². The predicted molar refractivity (Wildman–Crippen MR) is 36.7 cm³/mol. The van der Waals surface area contributed by atoms with Gasteiger partial charge in [-0.1, -0.05) is 0 Å². The molecule has 0 N–H and O–H groups in total. The van der Waals surface area contributed by atoms with E-state index in [0.29, 0.717) is 0 Å². The molecule has 3 rings (SSSR count). The van der Waals surface area contributed by atoms with Crippen LogP contribution in [-0.4, -0.2) is 4.98 Å². The molecule has 9 heavy (non-hydrogen) atoms. The quantitative estimate of drug-likeness (QED) is 0.629. The number of halogens is 1. The molecule has 0 amide bonds. The van der Waals surface area contributed by atoms with E-state index in [0.717, 1.165) is 21.7 Å². The van der Waals surface area contributed by atoms with Crippen molar-refractivity contribution in [1.82, 2.24) is 4.98 Å². The second-order valence-electron chi connectivity index (χ2n) is 1.95. The van der Waals surface area contributed by atoms with Crippen LogP contribution in [0.3, 0.4) is 0 Å². The number of hydrogen-bond donors (Lipinski definition) is 0. The lowest BCUT2D eigenvalue weighted by Crippen LogP contribution is -2.02. The van der Waals surface area contributed by atoms with Gasteiger partial charge in [-0.25, -0.2) is 0 Å². The van der Waals surface area contributed by atoms with E-state index in [1.54, 1.807) is 6.20 Å². The van der Waals surface area contributed by atoms with Crippen molar-refractivity contribution in [2.75, 3.05) is 0 Å². The first kappa shape index (κ1) is 5.23. The maximum Gasteiger partial charge on any atom is 0.166 e. The van der Waals surface area contributed by atoms with Gasteiger partial charge in [-0.2, -0.15) is 0 Å². The van der Waals surface area contributed by atoms with Gasteiger partial charge in [-0.3, -0.25) is 4.98 Å². The minimum Gasteiger partial charge on any atom is -0.451 e. The number of pyridine rings is 1. The molecule has 1 aromatic rings. The zero-order chi connectivity index (χ0) is 6.43. The molecule has 0 spiro atoms. The van der Waals surface area contributed by atoms with Crippen LogP contribution in [0.5, 0.6) is 11.5 Å². The summed E-state index contributed by atoms with van der Waals surface area (Å²) >= 11 is 3.35. The molecular weight excluding hydrogens is 182 g/mol. The summed E-state index contributed by atoms with van der Waals surface area (Å²) in [6.07, 6.45) is 1.71. The van der Waals surface area contributed by atoms with Gasteiger partial charge in [0.15, 0.2) is 11.5 Å². The standard InChI is InChI=1S/C6H4BrNO/c1-3-6-5(7)4(9-6)2-8-3/h2H,1H3. The number of rotatable bonds is 0. The second-order valence-corrected chi connectivity index (χ2v) is 2.75. The Morgan fingerprint density at radius 2 is 2.44 bits per heavy atom. The summed E-state index contributed by atoms with van der Waals surface area (Å²) in [6.45, 7) is 1.92. The summed E-state index contributed by atoms with van der Waals surface area (Å²) in [5, 5.41) is 0. The van der Waals surface area contributed by atoms with E-state index in [4.69, 9.17) is 4.74 Å². The van der Waals surface area contributed by atoms with Gasteiger partial charge in [0.2, 0.25) is 0 Å². The van der Waals surface area contributed by atoms with E-state index in [2.05, 4.69) is 20.9 Å². The fourth-order valence-corrected chi connectivity index (χ4v) is 1.35. The molecule has 2 aliphatic heterocycles. The molecule has 2 bridgehead atoms. The number of aromatic nitrogens is 1. The van der Waals surface area contributed by atoms with E-state index < -0.39 is 0 Å². The topological polar surface area (TPSA) is 22.1 Å². The average Bonchev–Trinajstić information content (AvgIpc) is 1.86. The van der Waals surface area contributed by atoms with Crippen molar-refractivity contribution < 1.29 is 4.74 Å². The smallest absolute Gasteiger partial charge is 0.166 e. The van der Waals surface area contributed by atoms with Crippen LogP contribution in [0.2, 0.25) is 0 Å². The van der Waals surface area contributed by atoms with E-state index in [1.807, 2.05) is 6.92 Å². The number of nitrogens with zero attached hydrogens (tertiary/aromatic N) is 1. The van der Waals surface area contributed by atoms with Crippen LogP contribution in [0.25, 0.3) is 0 Å². The lowest BCUT2D eigenvalue weighted by Gasteiger charge is -2.20. The summed E-state index contributed by atoms with van der Waals surface area (Å²) in [5.74, 6) is 1.73. The van der Waals surface area contributed by atoms with Gasteiger partial charge in [-0.05, 0) is 22.9 Å².